The van der Waals surface area contributed by atoms with E-state index < -0.39 is 18.7 Å². The normalized spacial score (nSPS) is 13.9. The van der Waals surface area contributed by atoms with E-state index in [2.05, 4.69) is 0 Å². The Hall–Kier alpha value is -0.940. The second-order valence-electron chi connectivity index (χ2n) is 3.03. The predicted molar refractivity (Wildman–Crippen MR) is 48.9 cm³/mol. The van der Waals surface area contributed by atoms with Crippen molar-refractivity contribution in [2.24, 2.45) is 0 Å². The zero-order valence-electron chi connectivity index (χ0n) is 7.42. The molecule has 0 aliphatic heterocycles. The molecule has 1 aromatic carbocycles. The van der Waals surface area contributed by atoms with Gasteiger partial charge in [-0.05, 0) is 23.8 Å². The second kappa shape index (κ2) is 4.28. The van der Waals surface area contributed by atoms with E-state index in [-0.39, 0.29) is 16.3 Å². The molecule has 1 aromatic rings. The summed E-state index contributed by atoms with van der Waals surface area (Å²) in [5.74, 6) is -0.317. The van der Waals surface area contributed by atoms with Gasteiger partial charge in [0.1, 0.15) is 5.75 Å². The Morgan fingerprint density at radius 1 is 1.33 bits per heavy atom. The van der Waals surface area contributed by atoms with Gasteiger partial charge in [0, 0.05) is 11.4 Å². The van der Waals surface area contributed by atoms with Gasteiger partial charge in [-0.1, -0.05) is 11.6 Å². The van der Waals surface area contributed by atoms with Crippen LogP contribution in [-0.4, -0.2) is 22.5 Å². The maximum absolute atomic E-state index is 12.0. The quantitative estimate of drug-likeness (QED) is 0.834. The molecule has 15 heavy (non-hydrogen) atoms. The summed E-state index contributed by atoms with van der Waals surface area (Å²) in [7, 11) is 0. The maximum atomic E-state index is 12.0. The molecule has 2 nitrogen and oxygen atoms in total. The number of alkyl halides is 3. The SMILES string of the molecule is Oc1ccc(Cl)cc1CC(O)C(F)(F)F. The van der Waals surface area contributed by atoms with Gasteiger partial charge in [-0.2, -0.15) is 13.2 Å². The summed E-state index contributed by atoms with van der Waals surface area (Å²) in [5, 5.41) is 18.2. The molecule has 1 rings (SSSR count). The lowest BCUT2D eigenvalue weighted by atomic mass is 10.1. The minimum atomic E-state index is -4.70. The van der Waals surface area contributed by atoms with Crippen LogP contribution in [0.1, 0.15) is 5.56 Å². The van der Waals surface area contributed by atoms with Gasteiger partial charge in [0.05, 0.1) is 0 Å². The summed E-state index contributed by atoms with van der Waals surface area (Å²) in [5.41, 5.74) is -0.0349. The molecular weight excluding hydrogens is 233 g/mol. The van der Waals surface area contributed by atoms with Gasteiger partial charge in [-0.15, -0.1) is 0 Å². The highest BCUT2D eigenvalue weighted by molar-refractivity contribution is 6.30. The molecule has 0 saturated carbocycles. The number of rotatable bonds is 2. The predicted octanol–water partition coefficient (Wildman–Crippen LogP) is 2.51. The van der Waals surface area contributed by atoms with Gasteiger partial charge in [0.25, 0.3) is 0 Å². The van der Waals surface area contributed by atoms with E-state index in [4.69, 9.17) is 16.7 Å². The zero-order chi connectivity index (χ0) is 11.6. The molecule has 0 spiro atoms. The average Bonchev–Trinajstić information content (AvgIpc) is 2.09. The van der Waals surface area contributed by atoms with E-state index in [1.807, 2.05) is 0 Å². The van der Waals surface area contributed by atoms with Crippen LogP contribution in [0.2, 0.25) is 5.02 Å². The third-order valence-electron chi connectivity index (χ3n) is 1.83. The molecule has 0 aliphatic rings. The number of aliphatic hydroxyl groups excluding tert-OH is 1. The van der Waals surface area contributed by atoms with E-state index >= 15 is 0 Å². The van der Waals surface area contributed by atoms with Crippen LogP contribution in [0, 0.1) is 0 Å². The first-order chi connectivity index (χ1) is 6.80. The van der Waals surface area contributed by atoms with Crippen molar-refractivity contribution in [1.29, 1.82) is 0 Å². The highest BCUT2D eigenvalue weighted by Crippen LogP contribution is 2.28. The summed E-state index contributed by atoms with van der Waals surface area (Å²) in [6.45, 7) is 0. The van der Waals surface area contributed by atoms with Gasteiger partial charge in [-0.25, -0.2) is 0 Å². The molecule has 0 saturated heterocycles. The molecule has 0 fully saturated rings. The fourth-order valence-electron chi connectivity index (χ4n) is 1.04. The highest BCUT2D eigenvalue weighted by Gasteiger charge is 2.38. The molecule has 0 heterocycles. The van der Waals surface area contributed by atoms with Crippen LogP contribution >= 0.6 is 11.6 Å². The Labute approximate surface area is 88.9 Å². The summed E-state index contributed by atoms with van der Waals surface area (Å²) in [4.78, 5) is 0. The van der Waals surface area contributed by atoms with E-state index in [1.165, 1.54) is 18.2 Å². The Morgan fingerprint density at radius 3 is 2.47 bits per heavy atom. The smallest absolute Gasteiger partial charge is 0.414 e. The molecule has 6 heteroatoms. The van der Waals surface area contributed by atoms with Crippen molar-refractivity contribution in [3.05, 3.63) is 28.8 Å². The minimum absolute atomic E-state index is 0.0349. The van der Waals surface area contributed by atoms with Crippen LogP contribution in [-0.2, 0) is 6.42 Å². The van der Waals surface area contributed by atoms with E-state index in [0.29, 0.717) is 0 Å². The van der Waals surface area contributed by atoms with Crippen molar-refractivity contribution in [2.75, 3.05) is 0 Å². The van der Waals surface area contributed by atoms with Gasteiger partial charge >= 0.3 is 6.18 Å². The molecule has 84 valence electrons. The molecule has 0 bridgehead atoms. The van der Waals surface area contributed by atoms with Crippen molar-refractivity contribution in [2.45, 2.75) is 18.7 Å². The van der Waals surface area contributed by atoms with Crippen molar-refractivity contribution >= 4 is 11.6 Å². The first-order valence-electron chi connectivity index (χ1n) is 4.03. The molecule has 0 aromatic heterocycles. The molecule has 2 N–H and O–H groups in total. The molecule has 0 amide bonds. The molecule has 0 aliphatic carbocycles. The number of phenols is 1. The van der Waals surface area contributed by atoms with Crippen LogP contribution in [0.5, 0.6) is 5.75 Å². The lowest BCUT2D eigenvalue weighted by molar-refractivity contribution is -0.203. The third kappa shape index (κ3) is 3.28. The Kier molecular flexibility index (Phi) is 3.46. The Balaban J connectivity index is 2.85. The summed E-state index contributed by atoms with van der Waals surface area (Å²) in [6, 6.07) is 3.72. The van der Waals surface area contributed by atoms with Gasteiger partial charge in [-0.3, -0.25) is 0 Å². The molecular formula is C9H8ClF3O2. The largest absolute Gasteiger partial charge is 0.508 e. The summed E-state index contributed by atoms with van der Waals surface area (Å²) >= 11 is 5.54. The van der Waals surface area contributed by atoms with Crippen LogP contribution in [0.15, 0.2) is 18.2 Å². The third-order valence-corrected chi connectivity index (χ3v) is 2.07. The number of hydrogen-bond donors (Lipinski definition) is 2. The number of phenolic OH excluding ortho intramolecular Hbond substituents is 1. The van der Waals surface area contributed by atoms with Crippen molar-refractivity contribution < 1.29 is 23.4 Å². The number of halogens is 4. The van der Waals surface area contributed by atoms with Gasteiger partial charge in [0.15, 0.2) is 6.10 Å². The topological polar surface area (TPSA) is 40.5 Å². The van der Waals surface area contributed by atoms with E-state index in [1.54, 1.807) is 0 Å². The van der Waals surface area contributed by atoms with Crippen LogP contribution in [0.25, 0.3) is 0 Å². The lowest BCUT2D eigenvalue weighted by Gasteiger charge is -2.15. The second-order valence-corrected chi connectivity index (χ2v) is 3.47. The van der Waals surface area contributed by atoms with Crippen molar-refractivity contribution in [1.82, 2.24) is 0 Å². The van der Waals surface area contributed by atoms with Crippen LogP contribution in [0.4, 0.5) is 13.2 Å². The standard InChI is InChI=1S/C9H8ClF3O2/c10-6-1-2-7(14)5(3-6)4-8(15)9(11,12)13/h1-3,8,14-15H,4H2. The fourth-order valence-corrected chi connectivity index (χ4v) is 1.24. The lowest BCUT2D eigenvalue weighted by Crippen LogP contribution is -2.30. The number of aromatic hydroxyl groups is 1. The molecule has 1 atom stereocenters. The minimum Gasteiger partial charge on any atom is -0.508 e. The Bertz CT molecular complexity index is 352. The Morgan fingerprint density at radius 2 is 1.93 bits per heavy atom. The van der Waals surface area contributed by atoms with Crippen LogP contribution < -0.4 is 0 Å². The van der Waals surface area contributed by atoms with Gasteiger partial charge < -0.3 is 10.2 Å². The van der Waals surface area contributed by atoms with Crippen molar-refractivity contribution in [3.63, 3.8) is 0 Å². The van der Waals surface area contributed by atoms with E-state index in [9.17, 15) is 18.3 Å². The number of aliphatic hydroxyl groups is 1. The highest BCUT2D eigenvalue weighted by atomic mass is 35.5. The summed E-state index contributed by atoms with van der Waals surface area (Å²) < 4.78 is 36.0. The monoisotopic (exact) mass is 240 g/mol. The average molecular weight is 241 g/mol. The maximum Gasteiger partial charge on any atom is 0.414 e. The van der Waals surface area contributed by atoms with Crippen molar-refractivity contribution in [3.8, 4) is 5.75 Å². The number of benzene rings is 1. The zero-order valence-corrected chi connectivity index (χ0v) is 8.18. The van der Waals surface area contributed by atoms with E-state index in [0.717, 1.165) is 0 Å². The summed E-state index contributed by atoms with van der Waals surface area (Å²) in [6.07, 6.45) is -7.91. The number of hydrogen-bond acceptors (Lipinski definition) is 2. The molecule has 1 unspecified atom stereocenters. The first-order valence-corrected chi connectivity index (χ1v) is 4.40. The first kappa shape index (κ1) is 12.1. The van der Waals surface area contributed by atoms with Crippen LogP contribution in [0.3, 0.4) is 0 Å². The fraction of sp³-hybridized carbons (Fsp3) is 0.333. The molecule has 0 radical (unpaired) electrons. The van der Waals surface area contributed by atoms with Gasteiger partial charge in [0.2, 0.25) is 0 Å².